The summed E-state index contributed by atoms with van der Waals surface area (Å²) in [4.78, 5) is 21.9. The molecule has 112 valence electrons. The number of halogens is 1. The number of likely N-dealkylation sites (N-methyl/N-ethyl adjacent to an activating group) is 1. The molecule has 1 aromatic carbocycles. The van der Waals surface area contributed by atoms with Gasteiger partial charge < -0.3 is 14.6 Å². The Morgan fingerprint density at radius 3 is 2.57 bits per heavy atom. The summed E-state index contributed by atoms with van der Waals surface area (Å²) in [5.74, 6) is 0.0378. The molecule has 1 amide bonds. The minimum absolute atomic E-state index is 0.0378. The molecule has 1 fully saturated rings. The number of oxime groups is 1. The van der Waals surface area contributed by atoms with Crippen molar-refractivity contribution in [2.75, 3.05) is 33.2 Å². The first kappa shape index (κ1) is 14.4. The molecule has 2 aliphatic heterocycles. The molecule has 0 aliphatic carbocycles. The first-order valence-corrected chi connectivity index (χ1v) is 7.47. The van der Waals surface area contributed by atoms with Crippen molar-refractivity contribution >= 4 is 23.2 Å². The summed E-state index contributed by atoms with van der Waals surface area (Å²) in [6, 6.07) is 7.42. The van der Waals surface area contributed by atoms with Gasteiger partial charge in [0, 0.05) is 37.6 Å². The maximum absolute atomic E-state index is 12.4. The second-order valence-electron chi connectivity index (χ2n) is 5.47. The predicted molar refractivity (Wildman–Crippen MR) is 81.6 cm³/mol. The van der Waals surface area contributed by atoms with Crippen LogP contribution in [0.2, 0.25) is 5.02 Å². The molecule has 21 heavy (non-hydrogen) atoms. The molecule has 1 saturated heterocycles. The molecule has 0 spiro atoms. The Bertz CT molecular complexity index is 551. The number of carbonyl (C=O) groups excluding carboxylic acids is 1. The maximum Gasteiger partial charge on any atom is 0.266 e. The van der Waals surface area contributed by atoms with E-state index in [4.69, 9.17) is 16.4 Å². The van der Waals surface area contributed by atoms with Crippen molar-refractivity contribution < 1.29 is 9.63 Å². The van der Waals surface area contributed by atoms with E-state index in [0.29, 0.717) is 11.4 Å². The lowest BCUT2D eigenvalue weighted by molar-refractivity contribution is -0.143. The molecule has 0 N–H and O–H groups in total. The van der Waals surface area contributed by atoms with Crippen LogP contribution in [0.5, 0.6) is 0 Å². The number of hydrogen-bond acceptors (Lipinski definition) is 4. The van der Waals surface area contributed by atoms with Gasteiger partial charge in [0.05, 0.1) is 5.71 Å². The van der Waals surface area contributed by atoms with E-state index in [-0.39, 0.29) is 5.91 Å². The number of carbonyl (C=O) groups is 1. The average Bonchev–Trinajstić information content (AvgIpc) is 2.98. The molecule has 0 radical (unpaired) electrons. The highest BCUT2D eigenvalue weighted by Gasteiger charge is 2.33. The first-order chi connectivity index (χ1) is 10.1. The summed E-state index contributed by atoms with van der Waals surface area (Å²) in [7, 11) is 2.07. The van der Waals surface area contributed by atoms with Gasteiger partial charge in [-0.15, -0.1) is 0 Å². The first-order valence-electron chi connectivity index (χ1n) is 7.09. The van der Waals surface area contributed by atoms with Crippen molar-refractivity contribution in [3.63, 3.8) is 0 Å². The van der Waals surface area contributed by atoms with Gasteiger partial charge in [0.25, 0.3) is 5.91 Å². The minimum Gasteiger partial charge on any atom is -0.382 e. The third kappa shape index (κ3) is 3.19. The van der Waals surface area contributed by atoms with Gasteiger partial charge >= 0.3 is 0 Å². The molecular formula is C15H18ClN3O2. The fraction of sp³-hybridized carbons (Fsp3) is 0.467. The van der Waals surface area contributed by atoms with Crippen LogP contribution in [-0.4, -0.2) is 60.7 Å². The lowest BCUT2D eigenvalue weighted by atomic mass is 10.0. The van der Waals surface area contributed by atoms with E-state index in [9.17, 15) is 4.79 Å². The Morgan fingerprint density at radius 2 is 1.90 bits per heavy atom. The molecule has 6 heteroatoms. The van der Waals surface area contributed by atoms with Crippen LogP contribution in [0, 0.1) is 0 Å². The van der Waals surface area contributed by atoms with Gasteiger partial charge in [0.15, 0.2) is 0 Å². The summed E-state index contributed by atoms with van der Waals surface area (Å²) in [5, 5.41) is 4.75. The van der Waals surface area contributed by atoms with Gasteiger partial charge in [-0.1, -0.05) is 28.9 Å². The summed E-state index contributed by atoms with van der Waals surface area (Å²) in [6.45, 7) is 3.32. The van der Waals surface area contributed by atoms with Crippen LogP contribution >= 0.6 is 11.6 Å². The normalized spacial score (nSPS) is 22.9. The average molecular weight is 308 g/mol. The maximum atomic E-state index is 12.4. The van der Waals surface area contributed by atoms with Crippen LogP contribution in [-0.2, 0) is 9.63 Å². The van der Waals surface area contributed by atoms with Crippen molar-refractivity contribution in [1.82, 2.24) is 9.80 Å². The van der Waals surface area contributed by atoms with E-state index in [1.807, 2.05) is 29.2 Å². The lowest BCUT2D eigenvalue weighted by Gasteiger charge is -2.33. The van der Waals surface area contributed by atoms with Crippen molar-refractivity contribution in [3.05, 3.63) is 34.9 Å². The Labute approximate surface area is 129 Å². The minimum atomic E-state index is -0.487. The topological polar surface area (TPSA) is 45.1 Å². The van der Waals surface area contributed by atoms with E-state index in [0.717, 1.165) is 37.5 Å². The smallest absolute Gasteiger partial charge is 0.266 e. The fourth-order valence-electron chi connectivity index (χ4n) is 2.55. The van der Waals surface area contributed by atoms with Gasteiger partial charge in [0.1, 0.15) is 0 Å². The third-order valence-electron chi connectivity index (χ3n) is 3.94. The molecule has 2 aliphatic rings. The van der Waals surface area contributed by atoms with Crippen LogP contribution in [0.15, 0.2) is 29.4 Å². The second-order valence-corrected chi connectivity index (χ2v) is 5.91. The third-order valence-corrected chi connectivity index (χ3v) is 4.19. The van der Waals surface area contributed by atoms with Crippen LogP contribution in [0.4, 0.5) is 0 Å². The molecule has 3 rings (SSSR count). The van der Waals surface area contributed by atoms with Crippen LogP contribution < -0.4 is 0 Å². The highest BCUT2D eigenvalue weighted by Crippen LogP contribution is 2.20. The summed E-state index contributed by atoms with van der Waals surface area (Å²) in [5.41, 5.74) is 1.76. The molecular weight excluding hydrogens is 290 g/mol. The van der Waals surface area contributed by atoms with E-state index < -0.39 is 6.10 Å². The van der Waals surface area contributed by atoms with Gasteiger partial charge in [-0.3, -0.25) is 4.79 Å². The molecule has 1 aromatic rings. The van der Waals surface area contributed by atoms with Crippen molar-refractivity contribution in [2.45, 2.75) is 12.5 Å². The standard InChI is InChI=1S/C15H18ClN3O2/c1-18-6-8-19(9-7-18)15(20)14-10-13(17-21-14)11-2-4-12(16)5-3-11/h2-5,14H,6-10H2,1H3. The molecule has 2 heterocycles. The van der Waals surface area contributed by atoms with Crippen LogP contribution in [0.1, 0.15) is 12.0 Å². The zero-order chi connectivity index (χ0) is 14.8. The Morgan fingerprint density at radius 1 is 1.24 bits per heavy atom. The quantitative estimate of drug-likeness (QED) is 0.834. The molecule has 5 nitrogen and oxygen atoms in total. The van der Waals surface area contributed by atoms with Gasteiger partial charge in [-0.25, -0.2) is 0 Å². The van der Waals surface area contributed by atoms with Crippen molar-refractivity contribution in [2.24, 2.45) is 5.16 Å². The van der Waals surface area contributed by atoms with E-state index in [1.165, 1.54) is 0 Å². The zero-order valence-corrected chi connectivity index (χ0v) is 12.7. The molecule has 1 atom stereocenters. The van der Waals surface area contributed by atoms with Crippen molar-refractivity contribution in [1.29, 1.82) is 0 Å². The summed E-state index contributed by atoms with van der Waals surface area (Å²) < 4.78 is 0. The highest BCUT2D eigenvalue weighted by atomic mass is 35.5. The Kier molecular flexibility index (Phi) is 4.12. The summed E-state index contributed by atoms with van der Waals surface area (Å²) in [6.07, 6.45) is 0.0337. The lowest BCUT2D eigenvalue weighted by Crippen LogP contribution is -2.50. The number of hydrogen-bond donors (Lipinski definition) is 0. The molecule has 0 aromatic heterocycles. The van der Waals surface area contributed by atoms with E-state index >= 15 is 0 Å². The predicted octanol–water partition coefficient (Wildman–Crippen LogP) is 1.61. The second kappa shape index (κ2) is 6.03. The SMILES string of the molecule is CN1CCN(C(=O)C2CC(c3ccc(Cl)cc3)=NO2)CC1. The number of nitrogens with zero attached hydrogens (tertiary/aromatic N) is 3. The molecule has 0 bridgehead atoms. The van der Waals surface area contributed by atoms with Gasteiger partial charge in [-0.05, 0) is 24.7 Å². The van der Waals surface area contributed by atoms with E-state index in [2.05, 4.69) is 17.1 Å². The molecule has 1 unspecified atom stereocenters. The van der Waals surface area contributed by atoms with Gasteiger partial charge in [0.2, 0.25) is 6.10 Å². The Balaban J connectivity index is 1.60. The fourth-order valence-corrected chi connectivity index (χ4v) is 2.68. The monoisotopic (exact) mass is 307 g/mol. The number of piperazine rings is 1. The highest BCUT2D eigenvalue weighted by molar-refractivity contribution is 6.30. The van der Waals surface area contributed by atoms with Gasteiger partial charge in [-0.2, -0.15) is 0 Å². The van der Waals surface area contributed by atoms with E-state index in [1.54, 1.807) is 0 Å². The van der Waals surface area contributed by atoms with Crippen LogP contribution in [0.25, 0.3) is 0 Å². The zero-order valence-electron chi connectivity index (χ0n) is 12.0. The number of benzene rings is 1. The van der Waals surface area contributed by atoms with Crippen LogP contribution in [0.3, 0.4) is 0 Å². The largest absolute Gasteiger partial charge is 0.382 e. The number of amides is 1. The van der Waals surface area contributed by atoms with Crippen molar-refractivity contribution in [3.8, 4) is 0 Å². The summed E-state index contributed by atoms with van der Waals surface area (Å²) >= 11 is 5.87. The number of rotatable bonds is 2. The molecule has 0 saturated carbocycles. The Hall–Kier alpha value is -1.59.